The third-order valence-corrected chi connectivity index (χ3v) is 3.90. The molecule has 1 amide bonds. The molecule has 0 aromatic rings. The van der Waals surface area contributed by atoms with Gasteiger partial charge in [-0.3, -0.25) is 4.79 Å². The van der Waals surface area contributed by atoms with Gasteiger partial charge < -0.3 is 10.6 Å². The second kappa shape index (κ2) is 12.0. The fraction of sp³-hybridized carbons (Fsp3) is 0.944. The van der Waals surface area contributed by atoms with E-state index in [1.54, 1.807) is 0 Å². The largest absolute Gasteiger partial charge is 0.343 e. The summed E-state index contributed by atoms with van der Waals surface area (Å²) in [7, 11) is 0. The fourth-order valence-corrected chi connectivity index (χ4v) is 2.41. The predicted octanol–water partition coefficient (Wildman–Crippen LogP) is 4.49. The van der Waals surface area contributed by atoms with E-state index in [-0.39, 0.29) is 5.54 Å². The molecule has 2 N–H and O–H groups in total. The van der Waals surface area contributed by atoms with E-state index in [1.165, 1.54) is 38.5 Å². The van der Waals surface area contributed by atoms with Crippen molar-refractivity contribution in [3.63, 3.8) is 0 Å². The van der Waals surface area contributed by atoms with Crippen LogP contribution in [0, 0.1) is 0 Å². The monoisotopic (exact) mass is 298 g/mol. The molecule has 0 saturated heterocycles. The molecular formula is C18H38N2O. The molecule has 0 rings (SSSR count). The van der Waals surface area contributed by atoms with Gasteiger partial charge in [-0.25, -0.2) is 0 Å². The number of hydrogen-bond donors (Lipinski definition) is 1. The average molecular weight is 299 g/mol. The van der Waals surface area contributed by atoms with Crippen LogP contribution >= 0.6 is 0 Å². The quantitative estimate of drug-likeness (QED) is 0.509. The smallest absolute Gasteiger partial charge is 0.222 e. The van der Waals surface area contributed by atoms with E-state index in [9.17, 15) is 4.79 Å². The first kappa shape index (κ1) is 20.4. The van der Waals surface area contributed by atoms with Gasteiger partial charge in [0.1, 0.15) is 0 Å². The van der Waals surface area contributed by atoms with Crippen molar-refractivity contribution >= 4 is 5.91 Å². The summed E-state index contributed by atoms with van der Waals surface area (Å²) in [4.78, 5) is 14.5. The summed E-state index contributed by atoms with van der Waals surface area (Å²) < 4.78 is 0. The summed E-state index contributed by atoms with van der Waals surface area (Å²) in [5.74, 6) is 0.293. The second-order valence-electron chi connectivity index (χ2n) is 6.99. The zero-order valence-electron chi connectivity index (χ0n) is 14.9. The number of nitrogens with two attached hydrogens (primary N) is 1. The number of carbonyl (C=O) groups excluding carboxylic acids is 1. The molecule has 0 radical (unpaired) electrons. The fourth-order valence-electron chi connectivity index (χ4n) is 2.41. The third-order valence-electron chi connectivity index (χ3n) is 3.90. The van der Waals surface area contributed by atoms with Crippen LogP contribution in [0.15, 0.2) is 0 Å². The molecule has 0 fully saturated rings. The Balaban J connectivity index is 4.16. The van der Waals surface area contributed by atoms with Crippen LogP contribution in [-0.2, 0) is 4.79 Å². The summed E-state index contributed by atoms with van der Waals surface area (Å²) in [6, 6.07) is 0. The summed E-state index contributed by atoms with van der Waals surface area (Å²) in [6.07, 6.45) is 11.1. The Labute approximate surface area is 132 Å². The van der Waals surface area contributed by atoms with Crippen LogP contribution in [0.3, 0.4) is 0 Å². The molecule has 0 aliphatic carbocycles. The standard InChI is InChI=1S/C18H38N2O/c1-5-7-9-11-15-20(16-12-10-8-6-2)17(21)13-14-18(3,4)19/h5-16,19H2,1-4H3. The highest BCUT2D eigenvalue weighted by Crippen LogP contribution is 2.12. The number of amides is 1. The highest BCUT2D eigenvalue weighted by molar-refractivity contribution is 5.76. The van der Waals surface area contributed by atoms with Crippen LogP contribution in [0.1, 0.15) is 91.9 Å². The van der Waals surface area contributed by atoms with Gasteiger partial charge in [0.05, 0.1) is 0 Å². The van der Waals surface area contributed by atoms with E-state index in [0.717, 1.165) is 32.4 Å². The molecule has 0 heterocycles. The molecule has 126 valence electrons. The first-order chi connectivity index (χ1) is 9.90. The summed E-state index contributed by atoms with van der Waals surface area (Å²) in [5, 5.41) is 0. The number of unbranched alkanes of at least 4 members (excludes halogenated alkanes) is 6. The van der Waals surface area contributed by atoms with E-state index in [2.05, 4.69) is 18.7 Å². The maximum Gasteiger partial charge on any atom is 0.222 e. The lowest BCUT2D eigenvalue weighted by atomic mass is 9.99. The van der Waals surface area contributed by atoms with Gasteiger partial charge in [0.2, 0.25) is 5.91 Å². The average Bonchev–Trinajstić information content (AvgIpc) is 2.42. The Bertz CT molecular complexity index is 246. The molecule has 0 aliphatic heterocycles. The molecule has 0 aliphatic rings. The van der Waals surface area contributed by atoms with Crippen molar-refractivity contribution in [2.24, 2.45) is 5.73 Å². The van der Waals surface area contributed by atoms with Gasteiger partial charge in [-0.15, -0.1) is 0 Å². The van der Waals surface area contributed by atoms with Crippen LogP contribution in [0.4, 0.5) is 0 Å². The molecule has 0 atom stereocenters. The molecule has 0 unspecified atom stereocenters. The van der Waals surface area contributed by atoms with Crippen LogP contribution in [0.25, 0.3) is 0 Å². The van der Waals surface area contributed by atoms with Crippen LogP contribution in [-0.4, -0.2) is 29.4 Å². The topological polar surface area (TPSA) is 46.3 Å². The van der Waals surface area contributed by atoms with Gasteiger partial charge in [0, 0.05) is 25.0 Å². The zero-order chi connectivity index (χ0) is 16.1. The third kappa shape index (κ3) is 12.9. The van der Waals surface area contributed by atoms with Crippen LogP contribution in [0.5, 0.6) is 0 Å². The predicted molar refractivity (Wildman–Crippen MR) is 92.4 cm³/mol. The van der Waals surface area contributed by atoms with E-state index in [4.69, 9.17) is 5.73 Å². The molecule has 0 spiro atoms. The van der Waals surface area contributed by atoms with Crippen LogP contribution < -0.4 is 5.73 Å². The van der Waals surface area contributed by atoms with Gasteiger partial charge in [0.25, 0.3) is 0 Å². The van der Waals surface area contributed by atoms with Gasteiger partial charge >= 0.3 is 0 Å². The van der Waals surface area contributed by atoms with Crippen molar-refractivity contribution in [3.05, 3.63) is 0 Å². The lowest BCUT2D eigenvalue weighted by Gasteiger charge is -2.25. The SMILES string of the molecule is CCCCCCN(CCCCCC)C(=O)CCC(C)(C)N. The summed E-state index contributed by atoms with van der Waals surface area (Å²) >= 11 is 0. The highest BCUT2D eigenvalue weighted by Gasteiger charge is 2.17. The molecule has 0 saturated carbocycles. The first-order valence-electron chi connectivity index (χ1n) is 8.97. The van der Waals surface area contributed by atoms with Crippen molar-refractivity contribution < 1.29 is 4.79 Å². The molecule has 3 nitrogen and oxygen atoms in total. The second-order valence-corrected chi connectivity index (χ2v) is 6.99. The van der Waals surface area contributed by atoms with Gasteiger partial charge in [0.15, 0.2) is 0 Å². The maximum atomic E-state index is 12.4. The summed E-state index contributed by atoms with van der Waals surface area (Å²) in [5.41, 5.74) is 5.75. The molecular weight excluding hydrogens is 260 g/mol. The number of hydrogen-bond acceptors (Lipinski definition) is 2. The van der Waals surface area contributed by atoms with Crippen molar-refractivity contribution in [3.8, 4) is 0 Å². The van der Waals surface area contributed by atoms with E-state index < -0.39 is 0 Å². The summed E-state index contributed by atoms with van der Waals surface area (Å²) in [6.45, 7) is 10.3. The van der Waals surface area contributed by atoms with Crippen molar-refractivity contribution in [1.82, 2.24) is 4.90 Å². The van der Waals surface area contributed by atoms with Crippen molar-refractivity contribution in [1.29, 1.82) is 0 Å². The Hall–Kier alpha value is -0.570. The normalized spacial score (nSPS) is 11.7. The Morgan fingerprint density at radius 1 is 0.905 bits per heavy atom. The minimum Gasteiger partial charge on any atom is -0.343 e. The lowest BCUT2D eigenvalue weighted by Crippen LogP contribution is -2.37. The first-order valence-corrected chi connectivity index (χ1v) is 8.97. The van der Waals surface area contributed by atoms with E-state index >= 15 is 0 Å². The molecule has 0 aromatic heterocycles. The maximum absolute atomic E-state index is 12.4. The van der Waals surface area contributed by atoms with Crippen LogP contribution in [0.2, 0.25) is 0 Å². The molecule has 0 bridgehead atoms. The highest BCUT2D eigenvalue weighted by atomic mass is 16.2. The Morgan fingerprint density at radius 3 is 1.76 bits per heavy atom. The zero-order valence-corrected chi connectivity index (χ0v) is 14.9. The number of rotatable bonds is 13. The van der Waals surface area contributed by atoms with Crippen molar-refractivity contribution in [2.45, 2.75) is 97.4 Å². The van der Waals surface area contributed by atoms with Gasteiger partial charge in [-0.05, 0) is 33.1 Å². The van der Waals surface area contributed by atoms with Gasteiger partial charge in [-0.1, -0.05) is 52.4 Å². The molecule has 21 heavy (non-hydrogen) atoms. The van der Waals surface area contributed by atoms with Crippen molar-refractivity contribution in [2.75, 3.05) is 13.1 Å². The van der Waals surface area contributed by atoms with Gasteiger partial charge in [-0.2, -0.15) is 0 Å². The lowest BCUT2D eigenvalue weighted by molar-refractivity contribution is -0.131. The minimum atomic E-state index is -0.244. The molecule has 0 aromatic carbocycles. The van der Waals surface area contributed by atoms with E-state index in [0.29, 0.717) is 12.3 Å². The minimum absolute atomic E-state index is 0.244. The number of nitrogens with zero attached hydrogens (tertiary/aromatic N) is 1. The van der Waals surface area contributed by atoms with E-state index in [1.807, 2.05) is 13.8 Å². The Kier molecular flexibility index (Phi) is 11.7. The molecule has 3 heteroatoms. The Morgan fingerprint density at radius 2 is 1.38 bits per heavy atom. The number of carbonyl (C=O) groups is 1.